The van der Waals surface area contributed by atoms with Crippen LogP contribution in [0.2, 0.25) is 0 Å². The molecule has 3 rings (SSSR count). The van der Waals surface area contributed by atoms with Crippen LogP contribution in [-0.4, -0.2) is 58.5 Å². The summed E-state index contributed by atoms with van der Waals surface area (Å²) in [6.45, 7) is 9.08. The second kappa shape index (κ2) is 14.8. The van der Waals surface area contributed by atoms with Gasteiger partial charge in [0, 0.05) is 49.4 Å². The fourth-order valence-electron chi connectivity index (χ4n) is 4.95. The van der Waals surface area contributed by atoms with Crippen molar-refractivity contribution in [2.24, 2.45) is 5.73 Å². The molecule has 0 spiro atoms. The van der Waals surface area contributed by atoms with E-state index in [0.29, 0.717) is 29.8 Å². The number of aryl methyl sites for hydroxylation is 2. The van der Waals surface area contributed by atoms with Gasteiger partial charge >= 0.3 is 0 Å². The number of carbonyl (C=O) groups excluding carboxylic acids is 2. The van der Waals surface area contributed by atoms with Gasteiger partial charge in [0.25, 0.3) is 11.8 Å². The standard InChI is InChI=1S/C33H41F2N3O3/c1-5-11-37(7-3)32(40)26-12-22(4)13-27(18-26)33(41)38(20-24-10-8-9-23(6-2)14-24)21-31(39)30(36)17-25-15-28(34)19-29(35)16-25/h8-10,12-16,18-19,30-31,39H,5-7,11,17,20-21,36H2,1-4H3/t30-,31+/m0/s1. The average molecular weight is 566 g/mol. The number of hydrogen-bond donors (Lipinski definition) is 2. The zero-order valence-corrected chi connectivity index (χ0v) is 24.4. The van der Waals surface area contributed by atoms with Gasteiger partial charge in [-0.15, -0.1) is 0 Å². The van der Waals surface area contributed by atoms with Crippen LogP contribution in [0.1, 0.15) is 70.2 Å². The molecule has 0 aliphatic carbocycles. The van der Waals surface area contributed by atoms with Gasteiger partial charge in [-0.3, -0.25) is 9.59 Å². The van der Waals surface area contributed by atoms with Gasteiger partial charge in [0.05, 0.1) is 6.10 Å². The number of nitrogens with two attached hydrogens (primary N) is 1. The van der Waals surface area contributed by atoms with E-state index in [2.05, 4.69) is 0 Å². The van der Waals surface area contributed by atoms with Gasteiger partial charge in [-0.2, -0.15) is 0 Å². The predicted molar refractivity (Wildman–Crippen MR) is 158 cm³/mol. The van der Waals surface area contributed by atoms with E-state index in [-0.39, 0.29) is 31.3 Å². The summed E-state index contributed by atoms with van der Waals surface area (Å²) in [6, 6.07) is 15.2. The Labute approximate surface area is 241 Å². The molecule has 0 fully saturated rings. The number of hydrogen-bond acceptors (Lipinski definition) is 4. The molecule has 41 heavy (non-hydrogen) atoms. The molecule has 3 aromatic carbocycles. The van der Waals surface area contributed by atoms with Crippen LogP contribution < -0.4 is 5.73 Å². The van der Waals surface area contributed by atoms with E-state index < -0.39 is 23.8 Å². The molecular formula is C33H41F2N3O3. The van der Waals surface area contributed by atoms with Crippen LogP contribution in [0.4, 0.5) is 8.78 Å². The van der Waals surface area contributed by atoms with Crippen molar-refractivity contribution in [3.05, 3.63) is 106 Å². The van der Waals surface area contributed by atoms with Crippen molar-refractivity contribution in [2.45, 2.75) is 65.6 Å². The second-order valence-electron chi connectivity index (χ2n) is 10.5. The van der Waals surface area contributed by atoms with Crippen molar-refractivity contribution >= 4 is 11.8 Å². The van der Waals surface area contributed by atoms with Crippen LogP contribution in [0.15, 0.2) is 60.7 Å². The number of amides is 2. The molecule has 0 unspecified atom stereocenters. The Morgan fingerprint density at radius 3 is 2.05 bits per heavy atom. The molecule has 0 heterocycles. The maximum Gasteiger partial charge on any atom is 0.254 e. The number of rotatable bonds is 13. The monoisotopic (exact) mass is 565 g/mol. The van der Waals surface area contributed by atoms with E-state index >= 15 is 0 Å². The molecule has 0 saturated carbocycles. The summed E-state index contributed by atoms with van der Waals surface area (Å²) in [6.07, 6.45) is 0.499. The number of aliphatic hydroxyl groups is 1. The van der Waals surface area contributed by atoms with Gasteiger partial charge in [-0.1, -0.05) is 38.1 Å². The first kappa shape index (κ1) is 31.9. The van der Waals surface area contributed by atoms with Crippen molar-refractivity contribution in [3.63, 3.8) is 0 Å². The number of nitrogens with zero attached hydrogens (tertiary/aromatic N) is 2. The lowest BCUT2D eigenvalue weighted by Crippen LogP contribution is -2.46. The molecule has 0 aliphatic rings. The molecule has 0 bridgehead atoms. The highest BCUT2D eigenvalue weighted by Gasteiger charge is 2.25. The summed E-state index contributed by atoms with van der Waals surface area (Å²) in [5.74, 6) is -1.94. The molecule has 0 saturated heterocycles. The first-order chi connectivity index (χ1) is 19.5. The Morgan fingerprint density at radius 1 is 0.854 bits per heavy atom. The van der Waals surface area contributed by atoms with Gasteiger partial charge < -0.3 is 20.6 Å². The maximum atomic E-state index is 14.0. The van der Waals surface area contributed by atoms with Gasteiger partial charge in [-0.25, -0.2) is 8.78 Å². The minimum Gasteiger partial charge on any atom is -0.390 e. The summed E-state index contributed by atoms with van der Waals surface area (Å²) in [5.41, 5.74) is 10.1. The lowest BCUT2D eigenvalue weighted by molar-refractivity contribution is 0.0554. The Hall–Kier alpha value is -3.62. The van der Waals surface area contributed by atoms with Crippen molar-refractivity contribution in [1.82, 2.24) is 9.80 Å². The van der Waals surface area contributed by atoms with Crippen LogP contribution in [0, 0.1) is 18.6 Å². The van der Waals surface area contributed by atoms with E-state index in [9.17, 15) is 23.5 Å². The zero-order chi connectivity index (χ0) is 30.1. The number of aliphatic hydroxyl groups excluding tert-OH is 1. The normalized spacial score (nSPS) is 12.6. The van der Waals surface area contributed by atoms with Gasteiger partial charge in [0.15, 0.2) is 0 Å². The first-order valence-corrected chi connectivity index (χ1v) is 14.2. The SMILES string of the molecule is CCCN(CC)C(=O)c1cc(C)cc(C(=O)N(Cc2cccc(CC)c2)C[C@@H](O)[C@@H](N)Cc2cc(F)cc(F)c2)c1. The Bertz CT molecular complexity index is 1330. The van der Waals surface area contributed by atoms with E-state index in [1.165, 1.54) is 17.0 Å². The lowest BCUT2D eigenvalue weighted by atomic mass is 10.00. The highest BCUT2D eigenvalue weighted by Crippen LogP contribution is 2.19. The minimum absolute atomic E-state index is 0.0244. The van der Waals surface area contributed by atoms with Crippen LogP contribution in [0.5, 0.6) is 0 Å². The molecule has 2 amide bonds. The maximum absolute atomic E-state index is 14.0. The molecule has 6 nitrogen and oxygen atoms in total. The molecule has 0 radical (unpaired) electrons. The number of carbonyl (C=O) groups is 2. The average Bonchev–Trinajstić information content (AvgIpc) is 2.93. The molecule has 8 heteroatoms. The van der Waals surface area contributed by atoms with E-state index in [4.69, 9.17) is 5.73 Å². The van der Waals surface area contributed by atoms with Crippen molar-refractivity contribution in [3.8, 4) is 0 Å². The van der Waals surface area contributed by atoms with Crippen LogP contribution >= 0.6 is 0 Å². The van der Waals surface area contributed by atoms with Crippen LogP contribution in [0.3, 0.4) is 0 Å². The van der Waals surface area contributed by atoms with Gasteiger partial charge in [0.1, 0.15) is 11.6 Å². The largest absolute Gasteiger partial charge is 0.390 e. The van der Waals surface area contributed by atoms with Crippen LogP contribution in [0.25, 0.3) is 0 Å². The van der Waals surface area contributed by atoms with Gasteiger partial charge in [0.2, 0.25) is 0 Å². The third-order valence-electron chi connectivity index (χ3n) is 7.09. The zero-order valence-electron chi connectivity index (χ0n) is 24.4. The number of benzene rings is 3. The summed E-state index contributed by atoms with van der Waals surface area (Å²) >= 11 is 0. The molecule has 3 N–H and O–H groups in total. The fourth-order valence-corrected chi connectivity index (χ4v) is 4.95. The Morgan fingerprint density at radius 2 is 1.46 bits per heavy atom. The predicted octanol–water partition coefficient (Wildman–Crippen LogP) is 5.28. The van der Waals surface area contributed by atoms with Crippen LogP contribution in [-0.2, 0) is 19.4 Å². The fraction of sp³-hybridized carbons (Fsp3) is 0.394. The van der Waals surface area contributed by atoms with E-state index in [1.807, 2.05) is 52.0 Å². The Kier molecular flexibility index (Phi) is 11.6. The van der Waals surface area contributed by atoms with Crippen molar-refractivity contribution in [2.75, 3.05) is 19.6 Å². The minimum atomic E-state index is -1.18. The highest BCUT2D eigenvalue weighted by molar-refractivity contribution is 6.00. The van der Waals surface area contributed by atoms with Crippen molar-refractivity contribution in [1.29, 1.82) is 0 Å². The summed E-state index contributed by atoms with van der Waals surface area (Å²) in [4.78, 5) is 30.4. The Balaban J connectivity index is 1.91. The summed E-state index contributed by atoms with van der Waals surface area (Å²) in [7, 11) is 0. The van der Waals surface area contributed by atoms with E-state index in [1.54, 1.807) is 23.1 Å². The van der Waals surface area contributed by atoms with Gasteiger partial charge in [-0.05, 0) is 85.7 Å². The summed E-state index contributed by atoms with van der Waals surface area (Å²) in [5, 5.41) is 11.1. The second-order valence-corrected chi connectivity index (χ2v) is 10.5. The van der Waals surface area contributed by atoms with E-state index in [0.717, 1.165) is 35.6 Å². The third-order valence-corrected chi connectivity index (χ3v) is 7.09. The lowest BCUT2D eigenvalue weighted by Gasteiger charge is -2.29. The quantitative estimate of drug-likeness (QED) is 0.295. The molecule has 220 valence electrons. The third kappa shape index (κ3) is 8.93. The molecule has 0 aliphatic heterocycles. The van der Waals surface area contributed by atoms with Crippen molar-refractivity contribution < 1.29 is 23.5 Å². The smallest absolute Gasteiger partial charge is 0.254 e. The molecule has 2 atom stereocenters. The highest BCUT2D eigenvalue weighted by atomic mass is 19.1. The topological polar surface area (TPSA) is 86.9 Å². The number of halogens is 2. The summed E-state index contributed by atoms with van der Waals surface area (Å²) < 4.78 is 27.4. The molecule has 3 aromatic rings. The first-order valence-electron chi connectivity index (χ1n) is 14.2. The molecule has 0 aromatic heterocycles. The molecular weight excluding hydrogens is 524 g/mol.